The van der Waals surface area contributed by atoms with Crippen LogP contribution in [0.1, 0.15) is 12.5 Å². The van der Waals surface area contributed by atoms with E-state index in [-0.39, 0.29) is 5.69 Å². The number of benzene rings is 1. The molecule has 1 aromatic rings. The summed E-state index contributed by atoms with van der Waals surface area (Å²) in [4.78, 5) is 21.5. The lowest BCUT2D eigenvalue weighted by atomic mass is 10.1. The monoisotopic (exact) mass is 262 g/mol. The van der Waals surface area contributed by atoms with Gasteiger partial charge in [-0.2, -0.15) is 13.2 Å². The summed E-state index contributed by atoms with van der Waals surface area (Å²) in [5.41, 5.74) is -2.89. The van der Waals surface area contributed by atoms with Crippen molar-refractivity contribution in [3.05, 3.63) is 33.9 Å². The van der Waals surface area contributed by atoms with Crippen LogP contribution in [0.2, 0.25) is 0 Å². The lowest BCUT2D eigenvalue weighted by molar-refractivity contribution is -0.387. The van der Waals surface area contributed by atoms with Gasteiger partial charge >= 0.3 is 11.9 Å². The van der Waals surface area contributed by atoms with Gasteiger partial charge in [0.05, 0.1) is 4.92 Å². The van der Waals surface area contributed by atoms with Crippen molar-refractivity contribution in [1.82, 2.24) is 0 Å². The molecular formula is C10H9F3N2O3. The average molecular weight is 262 g/mol. The zero-order chi connectivity index (χ0) is 14.1. The molecule has 0 saturated heterocycles. The Hall–Kier alpha value is -2.12. The molecule has 0 bridgehead atoms. The van der Waals surface area contributed by atoms with Crippen molar-refractivity contribution >= 4 is 17.3 Å². The Morgan fingerprint density at radius 3 is 2.33 bits per heavy atom. The topological polar surface area (TPSA) is 63.5 Å². The van der Waals surface area contributed by atoms with E-state index in [2.05, 4.69) is 0 Å². The summed E-state index contributed by atoms with van der Waals surface area (Å²) in [6, 6.07) is 2.72. The fourth-order valence-corrected chi connectivity index (χ4v) is 1.39. The van der Waals surface area contributed by atoms with Gasteiger partial charge in [-0.15, -0.1) is 0 Å². The van der Waals surface area contributed by atoms with Crippen LogP contribution < -0.4 is 4.90 Å². The highest BCUT2D eigenvalue weighted by Crippen LogP contribution is 2.41. The maximum Gasteiger partial charge on any atom is 0.423 e. The predicted octanol–water partition coefficient (Wildman–Crippen LogP) is 2.60. The third-order valence-electron chi connectivity index (χ3n) is 2.34. The van der Waals surface area contributed by atoms with E-state index in [4.69, 9.17) is 0 Å². The fraction of sp³-hybridized carbons (Fsp3) is 0.300. The molecule has 18 heavy (non-hydrogen) atoms. The van der Waals surface area contributed by atoms with Crippen LogP contribution in [-0.2, 0) is 11.0 Å². The van der Waals surface area contributed by atoms with E-state index in [1.54, 1.807) is 0 Å². The van der Waals surface area contributed by atoms with Crippen LogP contribution in [0.4, 0.5) is 24.5 Å². The quantitative estimate of drug-likeness (QED) is 0.607. The van der Waals surface area contributed by atoms with Crippen LogP contribution >= 0.6 is 0 Å². The molecule has 0 N–H and O–H groups in total. The standard InChI is InChI=1S/C10H9F3N2O3/c1-6(16)14(2)8-5-3-4-7(10(11,12)13)9(8)15(17)18/h3-5H,1-2H3. The summed E-state index contributed by atoms with van der Waals surface area (Å²) in [7, 11) is 1.17. The van der Waals surface area contributed by atoms with Crippen LogP contribution in [0.5, 0.6) is 0 Å². The smallest absolute Gasteiger partial charge is 0.310 e. The first kappa shape index (κ1) is 13.9. The van der Waals surface area contributed by atoms with Gasteiger partial charge in [0.1, 0.15) is 11.3 Å². The first-order valence-electron chi connectivity index (χ1n) is 4.75. The molecule has 0 radical (unpaired) electrons. The maximum absolute atomic E-state index is 12.6. The van der Waals surface area contributed by atoms with Crippen molar-refractivity contribution in [2.75, 3.05) is 11.9 Å². The number of rotatable bonds is 2. The summed E-state index contributed by atoms with van der Waals surface area (Å²) < 4.78 is 37.9. The SMILES string of the molecule is CC(=O)N(C)c1cccc(C(F)(F)F)c1[N+](=O)[O-]. The lowest BCUT2D eigenvalue weighted by Gasteiger charge is -2.17. The largest absolute Gasteiger partial charge is 0.423 e. The zero-order valence-corrected chi connectivity index (χ0v) is 9.49. The minimum atomic E-state index is -4.85. The number of nitro groups is 1. The predicted molar refractivity (Wildman–Crippen MR) is 57.2 cm³/mol. The lowest BCUT2D eigenvalue weighted by Crippen LogP contribution is -2.24. The Labute approximate surface area is 100.0 Å². The third-order valence-corrected chi connectivity index (χ3v) is 2.34. The Kier molecular flexibility index (Phi) is 3.59. The van der Waals surface area contributed by atoms with E-state index in [1.165, 1.54) is 7.05 Å². The minimum Gasteiger partial charge on any atom is -0.310 e. The highest BCUT2D eigenvalue weighted by Gasteiger charge is 2.40. The highest BCUT2D eigenvalue weighted by molar-refractivity contribution is 5.93. The molecule has 8 heteroatoms. The van der Waals surface area contributed by atoms with Gasteiger partial charge < -0.3 is 4.90 Å². The van der Waals surface area contributed by atoms with E-state index in [0.717, 1.165) is 24.0 Å². The fourth-order valence-electron chi connectivity index (χ4n) is 1.39. The second-order valence-electron chi connectivity index (χ2n) is 3.51. The van der Waals surface area contributed by atoms with Gasteiger partial charge in [0.15, 0.2) is 0 Å². The number of alkyl halides is 3. The molecule has 1 rings (SSSR count). The molecule has 0 spiro atoms. The van der Waals surface area contributed by atoms with Crippen molar-refractivity contribution in [3.8, 4) is 0 Å². The van der Waals surface area contributed by atoms with Crippen LogP contribution in [-0.4, -0.2) is 17.9 Å². The van der Waals surface area contributed by atoms with E-state index >= 15 is 0 Å². The van der Waals surface area contributed by atoms with E-state index in [1.807, 2.05) is 0 Å². The molecular weight excluding hydrogens is 253 g/mol. The minimum absolute atomic E-state index is 0.387. The van der Waals surface area contributed by atoms with Crippen molar-refractivity contribution in [2.24, 2.45) is 0 Å². The Balaban J connectivity index is 3.55. The molecule has 98 valence electrons. The molecule has 0 aliphatic carbocycles. The Morgan fingerprint density at radius 1 is 1.39 bits per heavy atom. The van der Waals surface area contributed by atoms with E-state index in [0.29, 0.717) is 6.07 Å². The molecule has 0 aliphatic heterocycles. The molecule has 0 aromatic heterocycles. The van der Waals surface area contributed by atoms with Crippen molar-refractivity contribution in [3.63, 3.8) is 0 Å². The van der Waals surface area contributed by atoms with Gasteiger partial charge in [-0.25, -0.2) is 0 Å². The molecule has 0 heterocycles. The van der Waals surface area contributed by atoms with Crippen molar-refractivity contribution < 1.29 is 22.9 Å². The number of carbonyl (C=O) groups excluding carboxylic acids is 1. The number of nitro benzene ring substituents is 1. The maximum atomic E-state index is 12.6. The van der Waals surface area contributed by atoms with E-state index in [9.17, 15) is 28.1 Å². The number of hydrogen-bond donors (Lipinski definition) is 0. The van der Waals surface area contributed by atoms with Crippen LogP contribution in [0.25, 0.3) is 0 Å². The van der Waals surface area contributed by atoms with Crippen LogP contribution in [0.3, 0.4) is 0 Å². The van der Waals surface area contributed by atoms with Gasteiger partial charge in [0.25, 0.3) is 0 Å². The normalized spacial score (nSPS) is 11.2. The number of nitrogens with zero attached hydrogens (tertiary/aromatic N) is 2. The van der Waals surface area contributed by atoms with Gasteiger partial charge in [0, 0.05) is 14.0 Å². The second kappa shape index (κ2) is 4.63. The van der Waals surface area contributed by atoms with Crippen molar-refractivity contribution in [2.45, 2.75) is 13.1 Å². The molecule has 0 aliphatic rings. The third kappa shape index (κ3) is 2.58. The molecule has 0 fully saturated rings. The molecule has 1 amide bonds. The summed E-state index contributed by atoms with van der Waals surface area (Å²) in [5.74, 6) is -0.600. The number of halogens is 3. The number of anilines is 1. The van der Waals surface area contributed by atoms with Crippen LogP contribution in [0, 0.1) is 10.1 Å². The zero-order valence-electron chi connectivity index (χ0n) is 9.49. The number of carbonyl (C=O) groups is 1. The molecule has 1 aromatic carbocycles. The summed E-state index contributed by atoms with van der Waals surface area (Å²) >= 11 is 0. The summed E-state index contributed by atoms with van der Waals surface area (Å²) in [6.07, 6.45) is -4.85. The second-order valence-corrected chi connectivity index (χ2v) is 3.51. The average Bonchev–Trinajstić information content (AvgIpc) is 2.25. The Bertz CT molecular complexity index is 500. The van der Waals surface area contributed by atoms with Crippen molar-refractivity contribution in [1.29, 1.82) is 0 Å². The van der Waals surface area contributed by atoms with Crippen LogP contribution in [0.15, 0.2) is 18.2 Å². The summed E-state index contributed by atoms with van der Waals surface area (Å²) in [6.45, 7) is 1.10. The number of para-hydroxylation sites is 1. The molecule has 5 nitrogen and oxygen atoms in total. The first-order valence-corrected chi connectivity index (χ1v) is 4.75. The van der Waals surface area contributed by atoms with Gasteiger partial charge in [0.2, 0.25) is 5.91 Å². The Morgan fingerprint density at radius 2 is 1.94 bits per heavy atom. The molecule has 0 atom stereocenters. The van der Waals surface area contributed by atoms with Gasteiger partial charge in [-0.3, -0.25) is 14.9 Å². The molecule has 0 unspecified atom stereocenters. The number of hydrogen-bond acceptors (Lipinski definition) is 3. The molecule has 0 saturated carbocycles. The first-order chi connectivity index (χ1) is 8.16. The highest BCUT2D eigenvalue weighted by atomic mass is 19.4. The summed E-state index contributed by atoms with van der Waals surface area (Å²) in [5, 5.41) is 10.8. The number of amides is 1. The van der Waals surface area contributed by atoms with Gasteiger partial charge in [-0.1, -0.05) is 6.07 Å². The van der Waals surface area contributed by atoms with E-state index < -0.39 is 28.3 Å². The van der Waals surface area contributed by atoms with Gasteiger partial charge in [-0.05, 0) is 12.1 Å².